The molecule has 1 atom stereocenters. The van der Waals surface area contributed by atoms with Gasteiger partial charge in [-0.2, -0.15) is 0 Å². The zero-order valence-corrected chi connectivity index (χ0v) is 6.09. The summed E-state index contributed by atoms with van der Waals surface area (Å²) < 4.78 is 0. The van der Waals surface area contributed by atoms with Gasteiger partial charge in [-0.05, 0) is 6.92 Å². The molecule has 0 bridgehead atoms. The average Bonchev–Trinajstić information content (AvgIpc) is 1.82. The molecule has 0 aromatic carbocycles. The molecule has 0 fully saturated rings. The highest BCUT2D eigenvalue weighted by molar-refractivity contribution is 5.88. The molecule has 1 aliphatic rings. The first kappa shape index (κ1) is 7.08. The first-order valence-electron chi connectivity index (χ1n) is 3.08. The maximum atomic E-state index is 10.9. The van der Waals surface area contributed by atoms with E-state index in [2.05, 4.69) is 5.32 Å². The molecule has 3 N–H and O–H groups in total. The molecule has 0 aliphatic carbocycles. The zero-order chi connectivity index (χ0) is 7.72. The van der Waals surface area contributed by atoms with Crippen LogP contribution in [0.3, 0.4) is 0 Å². The lowest BCUT2D eigenvalue weighted by atomic mass is 10.3. The minimum absolute atomic E-state index is 0.0521. The van der Waals surface area contributed by atoms with Crippen molar-refractivity contribution in [3.05, 3.63) is 11.8 Å². The number of nitrogens with one attached hydrogen (secondary N) is 1. The second-order valence-corrected chi connectivity index (χ2v) is 2.37. The Balaban J connectivity index is 2.79. The highest BCUT2D eigenvalue weighted by Gasteiger charge is 2.18. The van der Waals surface area contributed by atoms with Gasteiger partial charge in [0.15, 0.2) is 6.29 Å². The highest BCUT2D eigenvalue weighted by atomic mass is 16.2. The van der Waals surface area contributed by atoms with Crippen LogP contribution in [0.2, 0.25) is 0 Å². The van der Waals surface area contributed by atoms with Gasteiger partial charge in [0.1, 0.15) is 0 Å². The van der Waals surface area contributed by atoms with Crippen LogP contribution in [0, 0.1) is 0 Å². The Morgan fingerprint density at radius 3 is 2.90 bits per heavy atom. The predicted molar refractivity (Wildman–Crippen MR) is 37.6 cm³/mol. The quantitative estimate of drug-likeness (QED) is 0.464. The number of hydrogen-bond acceptors (Lipinski definition) is 3. The van der Waals surface area contributed by atoms with E-state index in [4.69, 9.17) is 5.73 Å². The number of allylic oxidation sites excluding steroid dienone is 1. The van der Waals surface area contributed by atoms with Crippen molar-refractivity contribution in [3.63, 3.8) is 0 Å². The fourth-order valence-corrected chi connectivity index (χ4v) is 0.796. The van der Waals surface area contributed by atoms with Crippen molar-refractivity contribution in [2.24, 2.45) is 5.73 Å². The summed E-state index contributed by atoms with van der Waals surface area (Å²) in [5, 5.41) is 2.90. The minimum atomic E-state index is -0.377. The van der Waals surface area contributed by atoms with Crippen LogP contribution in [0.5, 0.6) is 0 Å². The standard InChI is InChI=1S/C6H11N3O/c1-4-3-5(10)9(2)6(7)8-4/h3,6,8H,7H2,1-2H3. The van der Waals surface area contributed by atoms with E-state index >= 15 is 0 Å². The number of rotatable bonds is 0. The third kappa shape index (κ3) is 1.11. The Morgan fingerprint density at radius 1 is 1.80 bits per heavy atom. The Morgan fingerprint density at radius 2 is 2.40 bits per heavy atom. The molecule has 1 rings (SSSR count). The van der Waals surface area contributed by atoms with Crippen molar-refractivity contribution in [1.29, 1.82) is 0 Å². The number of hydrogen-bond donors (Lipinski definition) is 2. The number of likely N-dealkylation sites (N-methyl/N-ethyl adjacent to an activating group) is 1. The summed E-state index contributed by atoms with van der Waals surface area (Å²) in [6.45, 7) is 1.81. The molecule has 56 valence electrons. The van der Waals surface area contributed by atoms with Crippen molar-refractivity contribution in [2.45, 2.75) is 13.2 Å². The van der Waals surface area contributed by atoms with Gasteiger partial charge in [0.05, 0.1) is 0 Å². The van der Waals surface area contributed by atoms with Crippen molar-refractivity contribution in [3.8, 4) is 0 Å². The van der Waals surface area contributed by atoms with Gasteiger partial charge in [-0.3, -0.25) is 10.5 Å². The molecule has 1 unspecified atom stereocenters. The molecule has 0 aromatic rings. The number of nitrogens with zero attached hydrogens (tertiary/aromatic N) is 1. The van der Waals surface area contributed by atoms with Crippen LogP contribution in [0.15, 0.2) is 11.8 Å². The first-order chi connectivity index (χ1) is 4.61. The van der Waals surface area contributed by atoms with E-state index in [0.717, 1.165) is 5.70 Å². The lowest BCUT2D eigenvalue weighted by molar-refractivity contribution is -0.128. The molecule has 4 heteroatoms. The van der Waals surface area contributed by atoms with Gasteiger partial charge >= 0.3 is 0 Å². The summed E-state index contributed by atoms with van der Waals surface area (Å²) >= 11 is 0. The van der Waals surface area contributed by atoms with Crippen LogP contribution in [-0.2, 0) is 4.79 Å². The fourth-order valence-electron chi connectivity index (χ4n) is 0.796. The topological polar surface area (TPSA) is 58.4 Å². The molecule has 0 radical (unpaired) electrons. The molecule has 1 aliphatic heterocycles. The zero-order valence-electron chi connectivity index (χ0n) is 6.09. The summed E-state index contributed by atoms with van der Waals surface area (Å²) in [7, 11) is 1.66. The van der Waals surface area contributed by atoms with Crippen LogP contribution in [0.1, 0.15) is 6.92 Å². The van der Waals surface area contributed by atoms with E-state index in [9.17, 15) is 4.79 Å². The van der Waals surface area contributed by atoms with Crippen LogP contribution in [0.25, 0.3) is 0 Å². The smallest absolute Gasteiger partial charge is 0.250 e. The molecule has 1 heterocycles. The SMILES string of the molecule is CC1=CC(=O)N(C)C(N)N1. The van der Waals surface area contributed by atoms with E-state index < -0.39 is 0 Å². The monoisotopic (exact) mass is 141 g/mol. The molecule has 0 saturated heterocycles. The summed E-state index contributed by atoms with van der Waals surface area (Å²) in [6, 6.07) is 0. The highest BCUT2D eigenvalue weighted by Crippen LogP contribution is 2.00. The summed E-state index contributed by atoms with van der Waals surface area (Å²) in [6.07, 6.45) is 1.14. The molecular weight excluding hydrogens is 130 g/mol. The van der Waals surface area contributed by atoms with E-state index in [1.807, 2.05) is 6.92 Å². The lowest BCUT2D eigenvalue weighted by Crippen LogP contribution is -2.54. The number of nitrogens with two attached hydrogens (primary N) is 1. The Bertz CT molecular complexity index is 187. The van der Waals surface area contributed by atoms with Gasteiger partial charge in [-0.1, -0.05) is 0 Å². The average molecular weight is 141 g/mol. The third-order valence-corrected chi connectivity index (χ3v) is 1.48. The number of carbonyl (C=O) groups is 1. The molecule has 0 aromatic heterocycles. The molecule has 1 amide bonds. The van der Waals surface area contributed by atoms with E-state index in [0.29, 0.717) is 0 Å². The Kier molecular flexibility index (Phi) is 1.63. The second kappa shape index (κ2) is 2.30. The predicted octanol–water partition coefficient (Wildman–Crippen LogP) is -0.806. The van der Waals surface area contributed by atoms with Crippen LogP contribution < -0.4 is 11.1 Å². The molecule has 0 spiro atoms. The van der Waals surface area contributed by atoms with E-state index in [-0.39, 0.29) is 12.2 Å². The van der Waals surface area contributed by atoms with Crippen LogP contribution >= 0.6 is 0 Å². The number of amides is 1. The van der Waals surface area contributed by atoms with E-state index in [1.54, 1.807) is 7.05 Å². The van der Waals surface area contributed by atoms with Gasteiger partial charge in [-0.25, -0.2) is 0 Å². The summed E-state index contributed by atoms with van der Waals surface area (Å²) in [5.41, 5.74) is 6.33. The summed E-state index contributed by atoms with van der Waals surface area (Å²) in [4.78, 5) is 12.4. The first-order valence-corrected chi connectivity index (χ1v) is 3.08. The maximum Gasteiger partial charge on any atom is 0.250 e. The second-order valence-electron chi connectivity index (χ2n) is 2.37. The van der Waals surface area contributed by atoms with Crippen LogP contribution in [-0.4, -0.2) is 24.1 Å². The van der Waals surface area contributed by atoms with Crippen molar-refractivity contribution in [1.82, 2.24) is 10.2 Å². The molecule has 4 nitrogen and oxygen atoms in total. The Labute approximate surface area is 59.7 Å². The molecule has 0 saturated carbocycles. The Hall–Kier alpha value is -1.03. The molecule has 10 heavy (non-hydrogen) atoms. The minimum Gasteiger partial charge on any atom is -0.357 e. The van der Waals surface area contributed by atoms with Gasteiger partial charge < -0.3 is 10.2 Å². The van der Waals surface area contributed by atoms with Gasteiger partial charge in [0.2, 0.25) is 0 Å². The fraction of sp³-hybridized carbons (Fsp3) is 0.500. The van der Waals surface area contributed by atoms with Crippen molar-refractivity contribution < 1.29 is 4.79 Å². The lowest BCUT2D eigenvalue weighted by Gasteiger charge is -2.29. The van der Waals surface area contributed by atoms with Gasteiger partial charge in [-0.15, -0.1) is 0 Å². The molecular formula is C6H11N3O. The maximum absolute atomic E-state index is 10.9. The summed E-state index contributed by atoms with van der Waals surface area (Å²) in [5.74, 6) is -0.0521. The van der Waals surface area contributed by atoms with Crippen LogP contribution in [0.4, 0.5) is 0 Å². The largest absolute Gasteiger partial charge is 0.357 e. The third-order valence-electron chi connectivity index (χ3n) is 1.48. The van der Waals surface area contributed by atoms with Crippen molar-refractivity contribution in [2.75, 3.05) is 7.05 Å². The van der Waals surface area contributed by atoms with Crippen molar-refractivity contribution >= 4 is 5.91 Å². The van der Waals surface area contributed by atoms with Gasteiger partial charge in [0.25, 0.3) is 5.91 Å². The van der Waals surface area contributed by atoms with Gasteiger partial charge in [0, 0.05) is 18.8 Å². The number of carbonyl (C=O) groups excluding carboxylic acids is 1. The van der Waals surface area contributed by atoms with E-state index in [1.165, 1.54) is 11.0 Å². The normalized spacial score (nSPS) is 25.9.